The van der Waals surface area contributed by atoms with Crippen LogP contribution in [0.5, 0.6) is 0 Å². The number of carbonyl (C=O) groups excluding carboxylic acids is 1. The van der Waals surface area contributed by atoms with Crippen molar-refractivity contribution in [2.24, 2.45) is 0 Å². The van der Waals surface area contributed by atoms with E-state index < -0.39 is 0 Å². The Morgan fingerprint density at radius 3 is 2.41 bits per heavy atom. The number of anilines is 1. The molecule has 1 heterocycles. The SMILES string of the molecule is CCCCCc1nnc(NC(=O)/C(=C\c2ccccc2)c2ccccc2)s1. The summed E-state index contributed by atoms with van der Waals surface area (Å²) in [4.78, 5) is 12.9. The van der Waals surface area contributed by atoms with Crippen molar-refractivity contribution in [1.82, 2.24) is 10.2 Å². The number of nitrogens with one attached hydrogen (secondary N) is 1. The highest BCUT2D eigenvalue weighted by Crippen LogP contribution is 2.23. The van der Waals surface area contributed by atoms with Gasteiger partial charge >= 0.3 is 0 Å². The van der Waals surface area contributed by atoms with Gasteiger partial charge in [0.25, 0.3) is 5.91 Å². The Balaban J connectivity index is 1.79. The molecule has 2 aromatic carbocycles. The summed E-state index contributed by atoms with van der Waals surface area (Å²) in [5, 5.41) is 12.7. The summed E-state index contributed by atoms with van der Waals surface area (Å²) in [5.74, 6) is -0.179. The van der Waals surface area contributed by atoms with Crippen molar-refractivity contribution in [2.45, 2.75) is 32.6 Å². The fourth-order valence-electron chi connectivity index (χ4n) is 2.71. The van der Waals surface area contributed by atoms with E-state index in [9.17, 15) is 4.79 Å². The van der Waals surface area contributed by atoms with Crippen LogP contribution in [0.25, 0.3) is 11.6 Å². The van der Waals surface area contributed by atoms with Crippen LogP contribution < -0.4 is 5.32 Å². The fourth-order valence-corrected chi connectivity index (χ4v) is 3.49. The second-order valence-corrected chi connectivity index (χ2v) is 7.31. The molecule has 138 valence electrons. The summed E-state index contributed by atoms with van der Waals surface area (Å²) in [6, 6.07) is 19.5. The van der Waals surface area contributed by atoms with E-state index in [-0.39, 0.29) is 5.91 Å². The van der Waals surface area contributed by atoms with Crippen molar-refractivity contribution in [3.63, 3.8) is 0 Å². The van der Waals surface area contributed by atoms with Gasteiger partial charge in [-0.3, -0.25) is 10.1 Å². The van der Waals surface area contributed by atoms with E-state index in [1.54, 1.807) is 0 Å². The van der Waals surface area contributed by atoms with Crippen LogP contribution in [0.1, 0.15) is 42.3 Å². The largest absolute Gasteiger partial charge is 0.296 e. The van der Waals surface area contributed by atoms with Gasteiger partial charge in [-0.1, -0.05) is 91.8 Å². The zero-order valence-corrected chi connectivity index (χ0v) is 16.2. The van der Waals surface area contributed by atoms with Gasteiger partial charge in [-0.05, 0) is 23.6 Å². The van der Waals surface area contributed by atoms with E-state index in [0.29, 0.717) is 10.7 Å². The van der Waals surface area contributed by atoms with Gasteiger partial charge in [-0.2, -0.15) is 0 Å². The number of hydrogen-bond donors (Lipinski definition) is 1. The zero-order chi connectivity index (χ0) is 18.9. The van der Waals surface area contributed by atoms with E-state index >= 15 is 0 Å². The zero-order valence-electron chi connectivity index (χ0n) is 15.4. The molecule has 0 bridgehead atoms. The summed E-state index contributed by atoms with van der Waals surface area (Å²) in [6.07, 6.45) is 6.26. The molecule has 1 amide bonds. The lowest BCUT2D eigenvalue weighted by atomic mass is 10.0. The standard InChI is InChI=1S/C22H23N3OS/c1-2-3-6-15-20-24-25-22(27-20)23-21(26)19(18-13-9-5-10-14-18)16-17-11-7-4-8-12-17/h4-5,7-14,16H,2-3,6,15H2,1H3,(H,23,25,26)/b19-16-. The average molecular weight is 378 g/mol. The van der Waals surface area contributed by atoms with Crippen molar-refractivity contribution in [1.29, 1.82) is 0 Å². The number of carbonyl (C=O) groups is 1. The first-order valence-electron chi connectivity index (χ1n) is 9.22. The number of nitrogens with zero attached hydrogens (tertiary/aromatic N) is 2. The van der Waals surface area contributed by atoms with Crippen LogP contribution in [-0.2, 0) is 11.2 Å². The summed E-state index contributed by atoms with van der Waals surface area (Å²) >= 11 is 1.45. The summed E-state index contributed by atoms with van der Waals surface area (Å²) in [7, 11) is 0. The maximum absolute atomic E-state index is 12.9. The normalized spacial score (nSPS) is 11.4. The number of aromatic nitrogens is 2. The van der Waals surface area contributed by atoms with Gasteiger partial charge in [-0.25, -0.2) is 0 Å². The van der Waals surface area contributed by atoms with Gasteiger partial charge in [0.15, 0.2) is 0 Å². The monoisotopic (exact) mass is 377 g/mol. The van der Waals surface area contributed by atoms with Crippen LogP contribution in [0.15, 0.2) is 60.7 Å². The molecule has 3 rings (SSSR count). The van der Waals surface area contributed by atoms with Gasteiger partial charge in [0.2, 0.25) is 5.13 Å². The van der Waals surface area contributed by atoms with Gasteiger partial charge in [0.1, 0.15) is 5.01 Å². The van der Waals surface area contributed by atoms with Crippen LogP contribution in [0.4, 0.5) is 5.13 Å². The Labute approximate surface area is 164 Å². The van der Waals surface area contributed by atoms with Crippen LogP contribution in [-0.4, -0.2) is 16.1 Å². The van der Waals surface area contributed by atoms with Crippen molar-refractivity contribution in [3.05, 3.63) is 76.8 Å². The Hall–Kier alpha value is -2.79. The predicted molar refractivity (Wildman–Crippen MR) is 113 cm³/mol. The highest BCUT2D eigenvalue weighted by molar-refractivity contribution is 7.15. The molecule has 0 atom stereocenters. The third-order valence-electron chi connectivity index (χ3n) is 4.12. The Bertz CT molecular complexity index is 888. The number of aryl methyl sites for hydroxylation is 1. The first kappa shape index (κ1) is 19.0. The topological polar surface area (TPSA) is 54.9 Å². The molecule has 0 radical (unpaired) electrons. The summed E-state index contributed by atoms with van der Waals surface area (Å²) in [6.45, 7) is 2.18. The van der Waals surface area contributed by atoms with Gasteiger partial charge < -0.3 is 0 Å². The number of rotatable bonds is 8. The molecule has 3 aromatic rings. The van der Waals surface area contributed by atoms with Crippen LogP contribution in [0.3, 0.4) is 0 Å². The second kappa shape index (κ2) is 9.78. The molecule has 0 saturated carbocycles. The molecule has 1 aromatic heterocycles. The number of amides is 1. The minimum Gasteiger partial charge on any atom is -0.296 e. The molecule has 1 N–H and O–H groups in total. The van der Waals surface area contributed by atoms with Crippen molar-refractivity contribution in [3.8, 4) is 0 Å². The van der Waals surface area contributed by atoms with Crippen molar-refractivity contribution in [2.75, 3.05) is 5.32 Å². The molecular formula is C22H23N3OS. The third-order valence-corrected chi connectivity index (χ3v) is 5.02. The van der Waals surface area contributed by atoms with Crippen molar-refractivity contribution < 1.29 is 4.79 Å². The van der Waals surface area contributed by atoms with Gasteiger partial charge in [0.05, 0.1) is 0 Å². The van der Waals surface area contributed by atoms with Crippen LogP contribution >= 0.6 is 11.3 Å². The lowest BCUT2D eigenvalue weighted by Gasteiger charge is -2.07. The molecule has 0 aliphatic rings. The van der Waals surface area contributed by atoms with Gasteiger partial charge in [0, 0.05) is 12.0 Å². The lowest BCUT2D eigenvalue weighted by molar-refractivity contribution is -0.111. The number of hydrogen-bond acceptors (Lipinski definition) is 4. The molecule has 0 aliphatic carbocycles. The van der Waals surface area contributed by atoms with E-state index in [0.717, 1.165) is 29.0 Å². The minimum absolute atomic E-state index is 0.179. The molecule has 0 fully saturated rings. The van der Waals surface area contributed by atoms with Crippen LogP contribution in [0.2, 0.25) is 0 Å². The Kier molecular flexibility index (Phi) is 6.88. The number of unbranched alkanes of at least 4 members (excludes halogenated alkanes) is 2. The first-order chi connectivity index (χ1) is 13.3. The number of benzene rings is 2. The van der Waals surface area contributed by atoms with Crippen LogP contribution in [0, 0.1) is 0 Å². The quantitative estimate of drug-likeness (QED) is 0.323. The lowest BCUT2D eigenvalue weighted by Crippen LogP contribution is -2.13. The summed E-state index contributed by atoms with van der Waals surface area (Å²) < 4.78 is 0. The average Bonchev–Trinajstić information content (AvgIpc) is 3.15. The highest BCUT2D eigenvalue weighted by atomic mass is 32.1. The van der Waals surface area contributed by atoms with Crippen molar-refractivity contribution >= 4 is 34.0 Å². The molecule has 27 heavy (non-hydrogen) atoms. The second-order valence-electron chi connectivity index (χ2n) is 6.25. The van der Waals surface area contributed by atoms with E-state index in [2.05, 4.69) is 22.4 Å². The van der Waals surface area contributed by atoms with Gasteiger partial charge in [-0.15, -0.1) is 10.2 Å². The minimum atomic E-state index is -0.179. The third kappa shape index (κ3) is 5.59. The summed E-state index contributed by atoms with van der Waals surface area (Å²) in [5.41, 5.74) is 2.44. The molecule has 0 unspecified atom stereocenters. The van der Waals surface area contributed by atoms with E-state index in [1.165, 1.54) is 24.2 Å². The van der Waals surface area contributed by atoms with E-state index in [4.69, 9.17) is 0 Å². The molecule has 0 spiro atoms. The highest BCUT2D eigenvalue weighted by Gasteiger charge is 2.15. The maximum Gasteiger partial charge on any atom is 0.258 e. The molecule has 0 saturated heterocycles. The van der Waals surface area contributed by atoms with E-state index in [1.807, 2.05) is 66.7 Å². The molecule has 4 nitrogen and oxygen atoms in total. The molecule has 0 aliphatic heterocycles. The predicted octanol–water partition coefficient (Wildman–Crippen LogP) is 5.45. The Morgan fingerprint density at radius 2 is 1.70 bits per heavy atom. The Morgan fingerprint density at radius 1 is 1.00 bits per heavy atom. The smallest absolute Gasteiger partial charge is 0.258 e. The fraction of sp³-hybridized carbons (Fsp3) is 0.227. The first-order valence-corrected chi connectivity index (χ1v) is 10.0. The molecular weight excluding hydrogens is 354 g/mol. The maximum atomic E-state index is 12.9. The molecule has 5 heteroatoms.